The Balaban J connectivity index is -0.00000000500. The summed E-state index contributed by atoms with van der Waals surface area (Å²) in [4.78, 5) is 0. The van der Waals surface area contributed by atoms with Gasteiger partial charge >= 0.3 is 90.6 Å². The van der Waals surface area contributed by atoms with E-state index < -0.39 is 0 Å². The summed E-state index contributed by atoms with van der Waals surface area (Å²) in [5, 5.41) is 0. The molecule has 0 saturated carbocycles. The Kier molecular flexibility index (Phi) is 61.7. The monoisotopic (exact) mass is 420 g/mol. The number of hydrogen-bond acceptors (Lipinski definition) is 1. The van der Waals surface area contributed by atoms with Crippen molar-refractivity contribution in [2.24, 2.45) is 0 Å². The first kappa shape index (κ1) is 15.7. The van der Waals surface area contributed by atoms with Crippen LogP contribution in [0.3, 0.4) is 0 Å². The van der Waals surface area contributed by atoms with Gasteiger partial charge in [-0.1, -0.05) is 0 Å². The Labute approximate surface area is 128 Å². The summed E-state index contributed by atoms with van der Waals surface area (Å²) in [6.45, 7) is 0. The Morgan fingerprint density at radius 2 is 1.25 bits per heavy atom. The Morgan fingerprint density at radius 1 is 1.25 bits per heavy atom. The van der Waals surface area contributed by atoms with E-state index in [9.17, 15) is 0 Å². The molecule has 0 atom stereocenters. The second-order valence-corrected chi connectivity index (χ2v) is 0. The van der Waals surface area contributed by atoms with Crippen LogP contribution in [-0.4, -0.2) is 45.5 Å². The number of rotatable bonds is 0. The van der Waals surface area contributed by atoms with Crippen LogP contribution in [0, 0.1) is 86.6 Å². The molecule has 0 aliphatic carbocycles. The van der Waals surface area contributed by atoms with Crippen molar-refractivity contribution in [2.75, 3.05) is 0 Å². The van der Waals surface area contributed by atoms with Crippen LogP contribution in [0.1, 0.15) is 0 Å². The van der Waals surface area contributed by atoms with Gasteiger partial charge in [0, 0.05) is 41.7 Å². The zero-order chi connectivity index (χ0) is 2.00. The van der Waals surface area contributed by atoms with Crippen LogP contribution >= 0.6 is 0 Å². The van der Waals surface area contributed by atoms with Crippen molar-refractivity contribution in [2.45, 2.75) is 0 Å². The van der Waals surface area contributed by atoms with Crippen molar-refractivity contribution in [3.63, 3.8) is 0 Å². The molecule has 0 aromatic rings. The molecule has 0 N–H and O–H groups in total. The van der Waals surface area contributed by atoms with Gasteiger partial charge < -0.3 is 0 Å². The Bertz CT molecular complexity index is 8.00. The zero-order valence-electron chi connectivity index (χ0n) is 1.18. The number of hydrogen-bond donors (Lipinski definition) is 0. The van der Waals surface area contributed by atoms with Gasteiger partial charge in [0.15, 0.2) is 0 Å². The first-order valence-corrected chi connectivity index (χ1v) is 0.809. The van der Waals surface area contributed by atoms with E-state index in [-0.39, 0.29) is 87.2 Å². The van der Waals surface area contributed by atoms with E-state index in [4.69, 9.17) is 0.288 Å². The van der Waals surface area contributed by atoms with Crippen molar-refractivity contribution in [1.82, 2.24) is 0 Å². The van der Waals surface area contributed by atoms with Crippen LogP contribution < -0.4 is 0 Å². The maximum absolute atomic E-state index is 8.11. The SMILES string of the molecule is [Ce].[O]=[Yb].[SrH2]. The molecule has 0 aromatic carbocycles. The Hall–Kier alpha value is 4.18. The van der Waals surface area contributed by atoms with Crippen LogP contribution in [-0.2, 0) is 0.288 Å². The molecule has 4 heavy (non-hydrogen) atoms. The van der Waals surface area contributed by atoms with Crippen LogP contribution in [0.5, 0.6) is 0 Å². The van der Waals surface area contributed by atoms with Crippen molar-refractivity contribution in [3.8, 4) is 0 Å². The maximum atomic E-state index is 8.11. The summed E-state index contributed by atoms with van der Waals surface area (Å²) in [6, 6.07) is 0. The molecule has 0 bridgehead atoms. The normalized spacial score (nSPS) is 1.50. The summed E-state index contributed by atoms with van der Waals surface area (Å²) in [5.41, 5.74) is 0. The third kappa shape index (κ3) is 9.49. The summed E-state index contributed by atoms with van der Waals surface area (Å²) in [6.07, 6.45) is 0. The van der Waals surface area contributed by atoms with E-state index in [0.29, 0.717) is 0 Å². The van der Waals surface area contributed by atoms with E-state index >= 15 is 0 Å². The van der Waals surface area contributed by atoms with Gasteiger partial charge in [-0.15, -0.1) is 0 Å². The molecule has 4 heteroatoms. The van der Waals surface area contributed by atoms with E-state index in [1.54, 1.807) is 0 Å². The molecule has 0 spiro atoms. The van der Waals surface area contributed by atoms with E-state index in [0.717, 1.165) is 0 Å². The average Bonchev–Trinajstić information content (AvgIpc) is 1.00. The third-order valence-electron chi connectivity index (χ3n) is 0. The molecule has 0 aromatic heterocycles. The van der Waals surface area contributed by atoms with Gasteiger partial charge in [0.2, 0.25) is 0 Å². The summed E-state index contributed by atoms with van der Waals surface area (Å²) in [7, 11) is 0. The zero-order valence-corrected chi connectivity index (χ0v) is 6.03. The van der Waals surface area contributed by atoms with Gasteiger partial charge in [-0.25, -0.2) is 0 Å². The van der Waals surface area contributed by atoms with E-state index in [2.05, 4.69) is 0 Å². The molecule has 0 heterocycles. The van der Waals surface area contributed by atoms with Crippen molar-refractivity contribution >= 4 is 45.5 Å². The van der Waals surface area contributed by atoms with Gasteiger partial charge in [-0.3, -0.25) is 0 Å². The molecule has 0 aliphatic rings. The third-order valence-corrected chi connectivity index (χ3v) is 0. The van der Waals surface area contributed by atoms with Crippen LogP contribution in [0.15, 0.2) is 0 Å². The molecule has 0 rings (SSSR count). The molecule has 28 valence electrons. The predicted molar refractivity (Wildman–Crippen MR) is 9.23 cm³/mol. The second-order valence-electron chi connectivity index (χ2n) is 0. The molecular weight excluding hydrogens is 417 g/mol. The van der Waals surface area contributed by atoms with Gasteiger partial charge in [-0.2, -0.15) is 0 Å². The van der Waals surface area contributed by atoms with Gasteiger partial charge in [-0.05, 0) is 0 Å². The summed E-state index contributed by atoms with van der Waals surface area (Å²) < 4.78 is 8.11. The first-order chi connectivity index (χ1) is 1.00. The molecule has 0 aliphatic heterocycles. The molecule has 0 saturated heterocycles. The van der Waals surface area contributed by atoms with Crippen molar-refractivity contribution in [3.05, 3.63) is 0 Å². The van der Waals surface area contributed by atoms with E-state index in [1.807, 2.05) is 0 Å². The van der Waals surface area contributed by atoms with Gasteiger partial charge in [0.25, 0.3) is 0 Å². The van der Waals surface area contributed by atoms with Crippen LogP contribution in [0.25, 0.3) is 0 Å². The fourth-order valence-corrected chi connectivity index (χ4v) is 0. The molecule has 0 amide bonds. The molecule has 1 nitrogen and oxygen atoms in total. The Morgan fingerprint density at radius 3 is 1.25 bits per heavy atom. The van der Waals surface area contributed by atoms with Crippen molar-refractivity contribution < 1.29 is 86.8 Å². The predicted octanol–water partition coefficient (Wildman–Crippen LogP) is -1.04. The first-order valence-electron chi connectivity index (χ1n) is 0.109. The quantitative estimate of drug-likeness (QED) is 0.460. The van der Waals surface area contributed by atoms with Gasteiger partial charge in [0.1, 0.15) is 0 Å². The molecule has 0 radical (unpaired) electrons. The fraction of sp³-hybridized carbons (Fsp3) is 0. The average molecular weight is 419 g/mol. The molecular formula is H2CeOSrYb. The minimum atomic E-state index is 0. The van der Waals surface area contributed by atoms with Crippen LogP contribution in [0.4, 0.5) is 0 Å². The fourth-order valence-electron chi connectivity index (χ4n) is 0. The van der Waals surface area contributed by atoms with Gasteiger partial charge in [0.05, 0.1) is 0 Å². The van der Waals surface area contributed by atoms with Crippen LogP contribution in [0.2, 0.25) is 0 Å². The van der Waals surface area contributed by atoms with Crippen molar-refractivity contribution in [1.29, 1.82) is 0 Å². The second kappa shape index (κ2) is 15.7. The van der Waals surface area contributed by atoms with E-state index in [1.165, 1.54) is 44.8 Å². The standard InChI is InChI=1S/Ce.O.Sr.Yb.2H. The summed E-state index contributed by atoms with van der Waals surface area (Å²) >= 11 is 1.44. The minimum absolute atomic E-state index is 0. The topological polar surface area (TPSA) is 17.1 Å². The summed E-state index contributed by atoms with van der Waals surface area (Å²) in [5.74, 6) is 0. The molecule has 0 unspecified atom stereocenters. The molecule has 0 fully saturated rings.